The molecule has 0 aliphatic heterocycles. The second-order valence-electron chi connectivity index (χ2n) is 9.66. The predicted octanol–water partition coefficient (Wildman–Crippen LogP) is 5.19. The SMILES string of the molecule is CC1(O)CC(N)(c2ccc(-c3nc4ccnc(-c5cn[nH]c5)c4cc3-c3ccccc3F)cc2)C1. The molecule has 0 unspecified atom stereocenters. The molecular formula is C28H24FN5O. The number of aliphatic hydroxyl groups is 1. The van der Waals surface area contributed by atoms with Crippen molar-refractivity contribution in [2.45, 2.75) is 30.9 Å². The maximum absolute atomic E-state index is 15.0. The Bertz CT molecular complexity index is 1540. The van der Waals surface area contributed by atoms with E-state index < -0.39 is 11.1 Å². The summed E-state index contributed by atoms with van der Waals surface area (Å²) in [5.74, 6) is -0.321. The van der Waals surface area contributed by atoms with Gasteiger partial charge in [0.25, 0.3) is 0 Å². The number of benzene rings is 2. The minimum absolute atomic E-state index is 0.321. The van der Waals surface area contributed by atoms with Crippen molar-refractivity contribution in [1.29, 1.82) is 0 Å². The van der Waals surface area contributed by atoms with Crippen molar-refractivity contribution in [1.82, 2.24) is 20.2 Å². The lowest BCUT2D eigenvalue weighted by Gasteiger charge is -2.49. The van der Waals surface area contributed by atoms with E-state index in [9.17, 15) is 9.50 Å². The van der Waals surface area contributed by atoms with Crippen LogP contribution in [0.1, 0.15) is 25.3 Å². The van der Waals surface area contributed by atoms with Gasteiger partial charge in [-0.15, -0.1) is 0 Å². The number of H-pyrrole nitrogens is 1. The molecule has 1 saturated carbocycles. The molecule has 0 spiro atoms. The lowest BCUT2D eigenvalue weighted by molar-refractivity contribution is -0.0738. The first-order valence-corrected chi connectivity index (χ1v) is 11.5. The minimum atomic E-state index is -0.730. The summed E-state index contributed by atoms with van der Waals surface area (Å²) in [5, 5.41) is 17.9. The zero-order valence-corrected chi connectivity index (χ0v) is 19.2. The molecule has 2 aromatic carbocycles. The highest BCUT2D eigenvalue weighted by Gasteiger charge is 2.49. The van der Waals surface area contributed by atoms with E-state index in [-0.39, 0.29) is 5.82 Å². The topological polar surface area (TPSA) is 101 Å². The standard InChI is InChI=1S/C28H24FN5O/c1-27(35)15-28(30,16-27)19-8-6-17(7-9-19)26-21(20-4-2-3-5-23(20)29)12-22-24(34-26)10-11-31-25(22)18-13-32-33-14-18/h2-14,35H,15-16,30H2,1H3,(H,32,33). The lowest BCUT2D eigenvalue weighted by atomic mass is 9.63. The summed E-state index contributed by atoms with van der Waals surface area (Å²) in [4.78, 5) is 9.52. The highest BCUT2D eigenvalue weighted by molar-refractivity contribution is 5.98. The first-order valence-electron chi connectivity index (χ1n) is 11.5. The molecule has 6 rings (SSSR count). The van der Waals surface area contributed by atoms with Crippen molar-refractivity contribution in [3.63, 3.8) is 0 Å². The van der Waals surface area contributed by atoms with Gasteiger partial charge in [0, 0.05) is 45.6 Å². The molecule has 35 heavy (non-hydrogen) atoms. The van der Waals surface area contributed by atoms with E-state index in [0.717, 1.165) is 33.3 Å². The molecule has 6 nitrogen and oxygen atoms in total. The summed E-state index contributed by atoms with van der Waals surface area (Å²) in [5.41, 5.74) is 11.2. The van der Waals surface area contributed by atoms with Crippen LogP contribution in [0.15, 0.2) is 79.3 Å². The molecule has 0 amide bonds. The van der Waals surface area contributed by atoms with E-state index in [0.29, 0.717) is 29.7 Å². The van der Waals surface area contributed by atoms with E-state index in [1.165, 1.54) is 6.07 Å². The zero-order chi connectivity index (χ0) is 24.2. The Morgan fingerprint density at radius 2 is 1.74 bits per heavy atom. The summed E-state index contributed by atoms with van der Waals surface area (Å²) < 4.78 is 15.0. The molecular weight excluding hydrogens is 441 g/mol. The van der Waals surface area contributed by atoms with Crippen LogP contribution in [0, 0.1) is 5.82 Å². The monoisotopic (exact) mass is 465 g/mol. The zero-order valence-electron chi connectivity index (χ0n) is 19.2. The van der Waals surface area contributed by atoms with Crippen LogP contribution in [0.5, 0.6) is 0 Å². The summed E-state index contributed by atoms with van der Waals surface area (Å²) in [6.07, 6.45) is 6.22. The fraction of sp³-hybridized carbons (Fsp3) is 0.179. The molecule has 174 valence electrons. The quantitative estimate of drug-likeness (QED) is 0.339. The lowest BCUT2D eigenvalue weighted by Crippen LogP contribution is -2.58. The number of aromatic nitrogens is 4. The number of rotatable bonds is 4. The van der Waals surface area contributed by atoms with Crippen LogP contribution in [-0.2, 0) is 5.54 Å². The highest BCUT2D eigenvalue weighted by Crippen LogP contribution is 2.46. The number of hydrogen-bond donors (Lipinski definition) is 3. The van der Waals surface area contributed by atoms with Gasteiger partial charge in [-0.25, -0.2) is 9.37 Å². The van der Waals surface area contributed by atoms with Crippen LogP contribution < -0.4 is 5.73 Å². The van der Waals surface area contributed by atoms with E-state index in [1.54, 1.807) is 37.6 Å². The number of aromatic amines is 1. The van der Waals surface area contributed by atoms with Gasteiger partial charge in [0.05, 0.1) is 28.7 Å². The van der Waals surface area contributed by atoms with Gasteiger partial charge in [0.1, 0.15) is 5.82 Å². The van der Waals surface area contributed by atoms with Gasteiger partial charge < -0.3 is 10.8 Å². The molecule has 4 N–H and O–H groups in total. The van der Waals surface area contributed by atoms with E-state index >= 15 is 0 Å². The van der Waals surface area contributed by atoms with Crippen LogP contribution in [0.2, 0.25) is 0 Å². The van der Waals surface area contributed by atoms with Crippen LogP contribution in [0.25, 0.3) is 44.5 Å². The summed E-state index contributed by atoms with van der Waals surface area (Å²) in [6.45, 7) is 1.80. The second kappa shape index (κ2) is 7.80. The first kappa shape index (κ1) is 21.6. The van der Waals surface area contributed by atoms with E-state index in [1.807, 2.05) is 42.5 Å². The molecule has 1 aliphatic rings. The fourth-order valence-electron chi connectivity index (χ4n) is 5.28. The van der Waals surface area contributed by atoms with Crippen LogP contribution in [0.4, 0.5) is 4.39 Å². The van der Waals surface area contributed by atoms with Gasteiger partial charge in [-0.2, -0.15) is 5.10 Å². The van der Waals surface area contributed by atoms with Crippen molar-refractivity contribution in [3.05, 3.63) is 90.6 Å². The molecule has 7 heteroatoms. The maximum atomic E-state index is 15.0. The maximum Gasteiger partial charge on any atom is 0.131 e. The predicted molar refractivity (Wildman–Crippen MR) is 134 cm³/mol. The number of hydrogen-bond acceptors (Lipinski definition) is 5. The smallest absolute Gasteiger partial charge is 0.131 e. The van der Waals surface area contributed by atoms with Crippen molar-refractivity contribution >= 4 is 10.9 Å². The van der Waals surface area contributed by atoms with Crippen molar-refractivity contribution in [2.24, 2.45) is 5.73 Å². The minimum Gasteiger partial charge on any atom is -0.390 e. The number of halogens is 1. The van der Waals surface area contributed by atoms with Crippen molar-refractivity contribution < 1.29 is 9.50 Å². The Kier molecular flexibility index (Phi) is 4.81. The number of pyridine rings is 2. The average molecular weight is 466 g/mol. The Balaban J connectivity index is 1.53. The van der Waals surface area contributed by atoms with E-state index in [2.05, 4.69) is 15.2 Å². The molecule has 0 saturated heterocycles. The normalized spacial score (nSPS) is 21.7. The van der Waals surface area contributed by atoms with Gasteiger partial charge in [-0.05, 0) is 43.5 Å². The molecule has 5 aromatic rings. The average Bonchev–Trinajstić information content (AvgIpc) is 3.37. The third-order valence-electron chi connectivity index (χ3n) is 6.80. The summed E-state index contributed by atoms with van der Waals surface area (Å²) in [7, 11) is 0. The number of nitrogens with one attached hydrogen (secondary N) is 1. The Hall–Kier alpha value is -3.94. The molecule has 0 bridgehead atoms. The molecule has 3 aromatic heterocycles. The van der Waals surface area contributed by atoms with Gasteiger partial charge in [-0.3, -0.25) is 10.1 Å². The number of nitrogens with zero attached hydrogens (tertiary/aromatic N) is 3. The fourth-order valence-corrected chi connectivity index (χ4v) is 5.28. The Morgan fingerprint density at radius 3 is 2.43 bits per heavy atom. The van der Waals surface area contributed by atoms with Crippen LogP contribution >= 0.6 is 0 Å². The molecule has 0 atom stereocenters. The third kappa shape index (κ3) is 3.69. The summed E-state index contributed by atoms with van der Waals surface area (Å²) in [6, 6.07) is 18.4. The molecule has 1 fully saturated rings. The highest BCUT2D eigenvalue weighted by atomic mass is 19.1. The van der Waals surface area contributed by atoms with Gasteiger partial charge in [-0.1, -0.05) is 42.5 Å². The van der Waals surface area contributed by atoms with Crippen LogP contribution in [0.3, 0.4) is 0 Å². The molecule has 1 aliphatic carbocycles. The number of fused-ring (bicyclic) bond motifs is 1. The first-order chi connectivity index (χ1) is 16.8. The largest absolute Gasteiger partial charge is 0.390 e. The Morgan fingerprint density at radius 1 is 0.971 bits per heavy atom. The van der Waals surface area contributed by atoms with Crippen LogP contribution in [-0.4, -0.2) is 30.9 Å². The van der Waals surface area contributed by atoms with Crippen molar-refractivity contribution in [3.8, 4) is 33.6 Å². The second-order valence-corrected chi connectivity index (χ2v) is 9.66. The van der Waals surface area contributed by atoms with Gasteiger partial charge in [0.15, 0.2) is 0 Å². The van der Waals surface area contributed by atoms with Gasteiger partial charge in [0.2, 0.25) is 0 Å². The van der Waals surface area contributed by atoms with Gasteiger partial charge >= 0.3 is 0 Å². The Labute approximate surface area is 201 Å². The number of nitrogens with two attached hydrogens (primary N) is 1. The molecule has 3 heterocycles. The van der Waals surface area contributed by atoms with Crippen molar-refractivity contribution in [2.75, 3.05) is 0 Å². The summed E-state index contributed by atoms with van der Waals surface area (Å²) >= 11 is 0. The molecule has 0 radical (unpaired) electrons. The third-order valence-corrected chi connectivity index (χ3v) is 6.80. The van der Waals surface area contributed by atoms with E-state index in [4.69, 9.17) is 10.7 Å².